The van der Waals surface area contributed by atoms with E-state index >= 15 is 0 Å². The number of hydrogen-bond donors (Lipinski definition) is 4. The highest BCUT2D eigenvalue weighted by Gasteiger charge is 2.17. The van der Waals surface area contributed by atoms with Crippen LogP contribution >= 0.6 is 11.3 Å². The van der Waals surface area contributed by atoms with Gasteiger partial charge in [-0.15, -0.1) is 11.3 Å². The topological polar surface area (TPSA) is 79.2 Å². The summed E-state index contributed by atoms with van der Waals surface area (Å²) in [5.41, 5.74) is 6.48. The first-order valence-corrected chi connectivity index (χ1v) is 7.67. The van der Waals surface area contributed by atoms with E-state index in [0.717, 1.165) is 37.4 Å². The summed E-state index contributed by atoms with van der Waals surface area (Å²) in [6.07, 6.45) is 3.14. The standard InChI is InChI=1S/C13H22N4OS/c1-2-5-16-13(18)12-10(14)8-11(19-12)17-9-3-6-15-7-4-9/h8-9,15,17H,2-7,14H2,1H3,(H,16,18). The van der Waals surface area contributed by atoms with Gasteiger partial charge in [0, 0.05) is 12.6 Å². The lowest BCUT2D eigenvalue weighted by atomic mass is 10.1. The molecular weight excluding hydrogens is 260 g/mol. The largest absolute Gasteiger partial charge is 0.397 e. The molecule has 1 fully saturated rings. The fourth-order valence-electron chi connectivity index (χ4n) is 2.14. The molecule has 2 heterocycles. The third-order valence-corrected chi connectivity index (χ3v) is 4.27. The van der Waals surface area contributed by atoms with Gasteiger partial charge in [-0.25, -0.2) is 0 Å². The van der Waals surface area contributed by atoms with Crippen molar-refractivity contribution in [2.45, 2.75) is 32.2 Å². The molecule has 106 valence electrons. The normalized spacial score (nSPS) is 16.3. The van der Waals surface area contributed by atoms with Gasteiger partial charge in [0.05, 0.1) is 10.7 Å². The first kappa shape index (κ1) is 14.1. The van der Waals surface area contributed by atoms with Crippen molar-refractivity contribution in [3.8, 4) is 0 Å². The Morgan fingerprint density at radius 1 is 1.53 bits per heavy atom. The van der Waals surface area contributed by atoms with Gasteiger partial charge < -0.3 is 21.7 Å². The Morgan fingerprint density at radius 3 is 2.95 bits per heavy atom. The molecule has 0 unspecified atom stereocenters. The maximum absolute atomic E-state index is 11.9. The number of hydrogen-bond acceptors (Lipinski definition) is 5. The van der Waals surface area contributed by atoms with Crippen LogP contribution in [0.1, 0.15) is 35.9 Å². The van der Waals surface area contributed by atoms with Crippen LogP contribution in [0.3, 0.4) is 0 Å². The van der Waals surface area contributed by atoms with Crippen LogP contribution in [-0.4, -0.2) is 31.6 Å². The lowest BCUT2D eigenvalue weighted by Gasteiger charge is -2.23. The smallest absolute Gasteiger partial charge is 0.263 e. The molecule has 1 amide bonds. The fourth-order valence-corrected chi connectivity index (χ4v) is 3.11. The zero-order chi connectivity index (χ0) is 13.7. The molecule has 6 heteroatoms. The fraction of sp³-hybridized carbons (Fsp3) is 0.615. The van der Waals surface area contributed by atoms with Gasteiger partial charge in [-0.1, -0.05) is 6.92 Å². The zero-order valence-electron chi connectivity index (χ0n) is 11.3. The van der Waals surface area contributed by atoms with Crippen LogP contribution in [0.2, 0.25) is 0 Å². The van der Waals surface area contributed by atoms with Crippen molar-refractivity contribution in [3.05, 3.63) is 10.9 Å². The molecule has 19 heavy (non-hydrogen) atoms. The summed E-state index contributed by atoms with van der Waals surface area (Å²) in [7, 11) is 0. The number of thiophene rings is 1. The van der Waals surface area contributed by atoms with E-state index in [-0.39, 0.29) is 5.91 Å². The zero-order valence-corrected chi connectivity index (χ0v) is 12.1. The second kappa shape index (κ2) is 6.77. The van der Waals surface area contributed by atoms with Crippen LogP contribution in [0.25, 0.3) is 0 Å². The number of anilines is 2. The highest BCUT2D eigenvalue weighted by molar-refractivity contribution is 7.18. The molecule has 1 saturated heterocycles. The minimum absolute atomic E-state index is 0.0669. The Balaban J connectivity index is 1.97. The summed E-state index contributed by atoms with van der Waals surface area (Å²) >= 11 is 1.44. The van der Waals surface area contributed by atoms with Crippen LogP contribution in [0.5, 0.6) is 0 Å². The molecule has 0 spiro atoms. The Morgan fingerprint density at radius 2 is 2.26 bits per heavy atom. The van der Waals surface area contributed by atoms with Gasteiger partial charge >= 0.3 is 0 Å². The highest BCUT2D eigenvalue weighted by atomic mass is 32.1. The summed E-state index contributed by atoms with van der Waals surface area (Å²) < 4.78 is 0. The summed E-state index contributed by atoms with van der Waals surface area (Å²) in [5.74, 6) is -0.0669. The minimum Gasteiger partial charge on any atom is -0.397 e. The average Bonchev–Trinajstić information content (AvgIpc) is 2.78. The summed E-state index contributed by atoms with van der Waals surface area (Å²) in [5, 5.41) is 10.7. The Labute approximate surface area is 118 Å². The number of nitrogens with one attached hydrogen (secondary N) is 3. The Hall–Kier alpha value is -1.27. The quantitative estimate of drug-likeness (QED) is 0.662. The first-order valence-electron chi connectivity index (χ1n) is 6.85. The van der Waals surface area contributed by atoms with Crippen LogP contribution in [-0.2, 0) is 0 Å². The van der Waals surface area contributed by atoms with Crippen LogP contribution < -0.4 is 21.7 Å². The van der Waals surface area contributed by atoms with Crippen LogP contribution in [0.4, 0.5) is 10.7 Å². The van der Waals surface area contributed by atoms with E-state index in [1.807, 2.05) is 13.0 Å². The summed E-state index contributed by atoms with van der Waals surface area (Å²) in [6.45, 7) is 4.81. The van der Waals surface area contributed by atoms with E-state index in [0.29, 0.717) is 23.2 Å². The van der Waals surface area contributed by atoms with Gasteiger partial charge in [-0.2, -0.15) is 0 Å². The number of amides is 1. The number of nitrogens with two attached hydrogens (primary N) is 1. The second-order valence-corrected chi connectivity index (χ2v) is 5.87. The van der Waals surface area contributed by atoms with E-state index < -0.39 is 0 Å². The Bertz CT molecular complexity index is 426. The van der Waals surface area contributed by atoms with Crippen molar-refractivity contribution in [1.29, 1.82) is 0 Å². The SMILES string of the molecule is CCCNC(=O)c1sc(NC2CCNCC2)cc1N. The van der Waals surface area contributed by atoms with E-state index in [1.54, 1.807) is 0 Å². The van der Waals surface area contributed by atoms with E-state index in [1.165, 1.54) is 11.3 Å². The molecule has 0 aliphatic carbocycles. The van der Waals surface area contributed by atoms with Gasteiger partial charge in [-0.05, 0) is 38.4 Å². The molecule has 5 nitrogen and oxygen atoms in total. The summed E-state index contributed by atoms with van der Waals surface area (Å²) in [6, 6.07) is 2.35. The number of rotatable bonds is 5. The van der Waals surface area contributed by atoms with Crippen molar-refractivity contribution in [1.82, 2.24) is 10.6 Å². The molecule has 2 rings (SSSR count). The second-order valence-electron chi connectivity index (χ2n) is 4.82. The molecule has 1 aliphatic heterocycles. The highest BCUT2D eigenvalue weighted by Crippen LogP contribution is 2.30. The summed E-state index contributed by atoms with van der Waals surface area (Å²) in [4.78, 5) is 12.5. The lowest BCUT2D eigenvalue weighted by molar-refractivity contribution is 0.0958. The van der Waals surface area contributed by atoms with Gasteiger partial charge in [0.15, 0.2) is 0 Å². The molecule has 0 atom stereocenters. The molecule has 0 saturated carbocycles. The molecule has 1 aromatic rings. The maximum atomic E-state index is 11.9. The van der Waals surface area contributed by atoms with Crippen molar-refractivity contribution in [3.63, 3.8) is 0 Å². The third kappa shape index (κ3) is 3.84. The number of carbonyl (C=O) groups is 1. The number of piperidine rings is 1. The van der Waals surface area contributed by atoms with Crippen LogP contribution in [0, 0.1) is 0 Å². The number of carbonyl (C=O) groups excluding carboxylic acids is 1. The van der Waals surface area contributed by atoms with Gasteiger partial charge in [0.1, 0.15) is 4.88 Å². The number of nitrogen functional groups attached to an aromatic ring is 1. The van der Waals surface area contributed by atoms with E-state index in [9.17, 15) is 4.79 Å². The molecular formula is C13H22N4OS. The van der Waals surface area contributed by atoms with E-state index in [2.05, 4.69) is 16.0 Å². The lowest BCUT2D eigenvalue weighted by Crippen LogP contribution is -2.35. The van der Waals surface area contributed by atoms with Crippen molar-refractivity contribution < 1.29 is 4.79 Å². The molecule has 1 aliphatic rings. The van der Waals surface area contributed by atoms with Crippen molar-refractivity contribution in [2.24, 2.45) is 0 Å². The molecule has 1 aromatic heterocycles. The van der Waals surface area contributed by atoms with Crippen LogP contribution in [0.15, 0.2) is 6.07 Å². The van der Waals surface area contributed by atoms with Crippen molar-refractivity contribution in [2.75, 3.05) is 30.7 Å². The predicted octanol–water partition coefficient (Wildman–Crippen LogP) is 1.63. The van der Waals surface area contributed by atoms with Gasteiger partial charge in [0.25, 0.3) is 5.91 Å². The first-order chi connectivity index (χ1) is 9.20. The maximum Gasteiger partial charge on any atom is 0.263 e. The monoisotopic (exact) mass is 282 g/mol. The molecule has 0 bridgehead atoms. The van der Waals surface area contributed by atoms with Crippen molar-refractivity contribution >= 4 is 27.9 Å². The van der Waals surface area contributed by atoms with Gasteiger partial charge in [-0.3, -0.25) is 4.79 Å². The van der Waals surface area contributed by atoms with Gasteiger partial charge in [0.2, 0.25) is 0 Å². The molecule has 0 radical (unpaired) electrons. The van der Waals surface area contributed by atoms with E-state index in [4.69, 9.17) is 5.73 Å². The minimum atomic E-state index is -0.0669. The third-order valence-electron chi connectivity index (χ3n) is 3.19. The Kier molecular flexibility index (Phi) is 5.04. The molecule has 0 aromatic carbocycles. The molecule has 5 N–H and O–H groups in total. The predicted molar refractivity (Wildman–Crippen MR) is 80.9 cm³/mol. The average molecular weight is 282 g/mol.